The number of pyridine rings is 2. The molecule has 5 aromatic rings. The number of hydrogen-bond acceptors (Lipinski definition) is 10. The number of likely N-dealkylation sites (tertiary alicyclic amines) is 1. The van der Waals surface area contributed by atoms with E-state index in [1.165, 1.54) is 23.7 Å². The molecule has 0 atom stereocenters. The van der Waals surface area contributed by atoms with Gasteiger partial charge >= 0.3 is 0 Å². The van der Waals surface area contributed by atoms with Crippen molar-refractivity contribution in [2.75, 3.05) is 18.4 Å². The molecule has 0 spiro atoms. The van der Waals surface area contributed by atoms with Crippen molar-refractivity contribution < 1.29 is 13.9 Å². The fourth-order valence-corrected chi connectivity index (χ4v) is 7.01. The Morgan fingerprint density at radius 1 is 1.14 bits per heavy atom. The highest BCUT2D eigenvalue weighted by atomic mass is 35.5. The van der Waals surface area contributed by atoms with Gasteiger partial charge in [0.2, 0.25) is 11.0 Å². The van der Waals surface area contributed by atoms with Crippen molar-refractivity contribution in [3.63, 3.8) is 0 Å². The molecule has 1 N–H and O–H groups in total. The first-order valence-electron chi connectivity index (χ1n) is 12.8. The Morgan fingerprint density at radius 3 is 2.69 bits per heavy atom. The lowest BCUT2D eigenvalue weighted by atomic mass is 9.93. The summed E-state index contributed by atoms with van der Waals surface area (Å²) in [6.45, 7) is 3.19. The van der Waals surface area contributed by atoms with E-state index in [4.69, 9.17) is 9.72 Å². The topological polar surface area (TPSA) is 93.1 Å². The van der Waals surface area contributed by atoms with E-state index >= 15 is 0 Å². The van der Waals surface area contributed by atoms with Gasteiger partial charge in [0, 0.05) is 66.2 Å². The minimum atomic E-state index is -0.334. The third kappa shape index (κ3) is 7.67. The van der Waals surface area contributed by atoms with Crippen molar-refractivity contribution in [3.8, 4) is 11.5 Å². The van der Waals surface area contributed by atoms with Crippen LogP contribution in [0.5, 0.6) is 11.5 Å². The van der Waals surface area contributed by atoms with Gasteiger partial charge in [-0.3, -0.25) is 9.78 Å². The van der Waals surface area contributed by atoms with Crippen LogP contribution in [-0.4, -0.2) is 43.2 Å². The highest BCUT2D eigenvalue weighted by molar-refractivity contribution is 7.99. The van der Waals surface area contributed by atoms with Crippen molar-refractivity contribution in [1.29, 1.82) is 0 Å². The van der Waals surface area contributed by atoms with E-state index in [1.54, 1.807) is 54.5 Å². The lowest BCUT2D eigenvalue weighted by Gasteiger charge is -2.30. The number of ether oxygens (including phenoxy) is 1. The first kappa shape index (κ1) is 31.9. The van der Waals surface area contributed by atoms with Crippen LogP contribution in [0.15, 0.2) is 70.0 Å². The summed E-state index contributed by atoms with van der Waals surface area (Å²) in [6, 6.07) is 11.8. The van der Waals surface area contributed by atoms with E-state index in [2.05, 4.69) is 19.7 Å². The van der Waals surface area contributed by atoms with E-state index in [0.29, 0.717) is 28.4 Å². The summed E-state index contributed by atoms with van der Waals surface area (Å²) in [5, 5.41) is 5.91. The van der Waals surface area contributed by atoms with Crippen LogP contribution in [0.2, 0.25) is 0 Å². The number of carbonyl (C=O) groups is 1. The predicted molar refractivity (Wildman–Crippen MR) is 171 cm³/mol. The molecule has 0 radical (unpaired) electrons. The molecule has 0 aliphatic carbocycles. The highest BCUT2D eigenvalue weighted by Crippen LogP contribution is 2.39. The summed E-state index contributed by atoms with van der Waals surface area (Å²) < 4.78 is 25.3. The van der Waals surface area contributed by atoms with Gasteiger partial charge in [-0.1, -0.05) is 11.8 Å². The number of thiophene rings is 1. The number of anilines is 2. The van der Waals surface area contributed by atoms with Crippen molar-refractivity contribution in [2.45, 2.75) is 36.0 Å². The molecule has 0 saturated carbocycles. The minimum absolute atomic E-state index is 0. The molecule has 8 nitrogen and oxygen atoms in total. The van der Waals surface area contributed by atoms with Gasteiger partial charge in [-0.2, -0.15) is 4.37 Å². The molecule has 5 heterocycles. The second-order valence-corrected chi connectivity index (χ2v) is 12.2. The molecule has 1 saturated heterocycles. The van der Waals surface area contributed by atoms with Gasteiger partial charge in [-0.15, -0.1) is 36.2 Å². The van der Waals surface area contributed by atoms with Gasteiger partial charge in [0.25, 0.3) is 0 Å². The standard InChI is InChI=1S/C28H25FN6O2S3.2ClH/c1-17(36)35-11-7-18(8-12-35)14-25-32-28(40-34-25)33-27-23(37-20-4-2-19(29)3-5-20)15-21(16-31-27)39-24-6-10-30-22-9-13-38-26(22)24;;/h2-6,9-10,13,15-16,18H,7-8,11-12,14H2,1H3,(H,31,32,33,34);2*1H. The summed E-state index contributed by atoms with van der Waals surface area (Å²) in [5.74, 6) is 2.50. The summed E-state index contributed by atoms with van der Waals surface area (Å²) >= 11 is 4.50. The Labute approximate surface area is 267 Å². The molecule has 6 rings (SSSR count). The second kappa shape index (κ2) is 14.4. The number of fused-ring (bicyclic) bond motifs is 1. The van der Waals surface area contributed by atoms with E-state index in [0.717, 1.165) is 58.2 Å². The van der Waals surface area contributed by atoms with Crippen LogP contribution in [0.3, 0.4) is 0 Å². The van der Waals surface area contributed by atoms with Gasteiger partial charge < -0.3 is 15.0 Å². The number of piperidine rings is 1. The maximum Gasteiger partial charge on any atom is 0.219 e. The van der Waals surface area contributed by atoms with Crippen LogP contribution >= 0.6 is 59.4 Å². The maximum absolute atomic E-state index is 13.5. The number of halogens is 3. The molecule has 4 aromatic heterocycles. The summed E-state index contributed by atoms with van der Waals surface area (Å²) in [4.78, 5) is 29.2. The van der Waals surface area contributed by atoms with Crippen molar-refractivity contribution in [2.24, 2.45) is 5.92 Å². The number of carbonyl (C=O) groups excluding carboxylic acids is 1. The Morgan fingerprint density at radius 2 is 1.93 bits per heavy atom. The molecule has 1 aromatic carbocycles. The van der Waals surface area contributed by atoms with Crippen LogP contribution in [-0.2, 0) is 11.2 Å². The number of benzene rings is 1. The van der Waals surface area contributed by atoms with Crippen LogP contribution in [0.4, 0.5) is 15.3 Å². The molecule has 0 bridgehead atoms. The molecule has 1 fully saturated rings. The van der Waals surface area contributed by atoms with E-state index in [-0.39, 0.29) is 36.5 Å². The third-order valence-electron chi connectivity index (χ3n) is 6.63. The quantitative estimate of drug-likeness (QED) is 0.178. The Kier molecular flexibility index (Phi) is 11.0. The first-order valence-corrected chi connectivity index (χ1v) is 15.3. The number of amides is 1. The SMILES string of the molecule is CC(=O)N1CCC(Cc2nsc(Nc3ncc(Sc4ccnc5ccsc45)cc3Oc3ccc(F)cc3)n2)CC1.Cl.Cl. The minimum Gasteiger partial charge on any atom is -0.453 e. The van der Waals surface area contributed by atoms with Crippen molar-refractivity contribution in [3.05, 3.63) is 71.9 Å². The zero-order valence-electron chi connectivity index (χ0n) is 22.4. The average molecular weight is 666 g/mol. The van der Waals surface area contributed by atoms with E-state index < -0.39 is 0 Å². The van der Waals surface area contributed by atoms with Gasteiger partial charge in [-0.25, -0.2) is 14.4 Å². The molecule has 220 valence electrons. The van der Waals surface area contributed by atoms with Crippen molar-refractivity contribution >= 4 is 86.5 Å². The maximum atomic E-state index is 13.5. The lowest BCUT2D eigenvalue weighted by Crippen LogP contribution is -2.37. The zero-order valence-corrected chi connectivity index (χ0v) is 26.4. The average Bonchev–Trinajstić information content (AvgIpc) is 3.62. The van der Waals surface area contributed by atoms with E-state index in [9.17, 15) is 9.18 Å². The third-order valence-corrected chi connectivity index (χ3v) is 9.38. The van der Waals surface area contributed by atoms with Crippen LogP contribution in [0.1, 0.15) is 25.6 Å². The van der Waals surface area contributed by atoms with Gasteiger partial charge in [0.1, 0.15) is 17.4 Å². The Hall–Kier alpha value is -3.03. The van der Waals surface area contributed by atoms with Crippen LogP contribution in [0, 0.1) is 11.7 Å². The fraction of sp³-hybridized carbons (Fsp3) is 0.250. The van der Waals surface area contributed by atoms with Gasteiger partial charge in [0.15, 0.2) is 11.6 Å². The molecular weight excluding hydrogens is 638 g/mol. The van der Waals surface area contributed by atoms with Crippen molar-refractivity contribution in [1.82, 2.24) is 24.2 Å². The van der Waals surface area contributed by atoms with Gasteiger partial charge in [-0.05, 0) is 60.5 Å². The molecule has 14 heteroatoms. The molecule has 1 amide bonds. The summed E-state index contributed by atoms with van der Waals surface area (Å²) in [6.07, 6.45) is 6.26. The summed E-state index contributed by atoms with van der Waals surface area (Å²) in [7, 11) is 0. The molecule has 1 aliphatic rings. The van der Waals surface area contributed by atoms with E-state index in [1.807, 2.05) is 28.5 Å². The Balaban J connectivity index is 0.00000202. The van der Waals surface area contributed by atoms with Gasteiger partial charge in [0.05, 0.1) is 10.2 Å². The normalized spacial score (nSPS) is 13.3. The molecule has 0 unspecified atom stereocenters. The monoisotopic (exact) mass is 664 g/mol. The smallest absolute Gasteiger partial charge is 0.219 e. The first-order chi connectivity index (χ1) is 19.5. The molecular formula is C28H27Cl2FN6O2S3. The van der Waals surface area contributed by atoms with Crippen LogP contribution in [0.25, 0.3) is 10.2 Å². The highest BCUT2D eigenvalue weighted by Gasteiger charge is 2.22. The number of nitrogens with zero attached hydrogens (tertiary/aromatic N) is 5. The predicted octanol–water partition coefficient (Wildman–Crippen LogP) is 8.01. The second-order valence-electron chi connectivity index (χ2n) is 9.41. The molecule has 1 aliphatic heterocycles. The lowest BCUT2D eigenvalue weighted by molar-refractivity contribution is -0.130. The number of rotatable bonds is 8. The van der Waals surface area contributed by atoms with Crippen LogP contribution < -0.4 is 10.1 Å². The molecule has 42 heavy (non-hydrogen) atoms. The zero-order chi connectivity index (χ0) is 27.5. The summed E-state index contributed by atoms with van der Waals surface area (Å²) in [5.41, 5.74) is 0.959. The fourth-order valence-electron chi connectivity index (χ4n) is 4.54. The Bertz CT molecular complexity index is 1640. The number of nitrogens with one attached hydrogen (secondary N) is 1. The number of hydrogen-bond donors (Lipinski definition) is 1. The largest absolute Gasteiger partial charge is 0.453 e. The number of aromatic nitrogens is 4.